The smallest absolute Gasteiger partial charge is 0.277 e. The Bertz CT molecular complexity index is 930. The van der Waals surface area contributed by atoms with Crippen molar-refractivity contribution in [1.82, 2.24) is 20.0 Å². The molecule has 0 spiro atoms. The third-order valence-electron chi connectivity index (χ3n) is 4.11. The van der Waals surface area contributed by atoms with E-state index in [1.54, 1.807) is 11.6 Å². The molecule has 0 radical (unpaired) electrons. The maximum Gasteiger partial charge on any atom is 0.277 e. The second-order valence-electron chi connectivity index (χ2n) is 6.16. The number of hydrogen-bond donors (Lipinski definition) is 1. The number of nitrogens with one attached hydrogen (secondary N) is 1. The number of aromatic nitrogens is 4. The number of thioether (sulfide) groups is 1. The van der Waals surface area contributed by atoms with Crippen LogP contribution in [-0.4, -0.2) is 31.1 Å². The molecule has 3 rings (SSSR count). The molecule has 0 saturated heterocycles. The van der Waals surface area contributed by atoms with E-state index in [0.717, 1.165) is 28.2 Å². The average Bonchev–Trinajstić information content (AvgIpc) is 3.15. The summed E-state index contributed by atoms with van der Waals surface area (Å²) in [6.45, 7) is 7.60. The van der Waals surface area contributed by atoms with Crippen LogP contribution in [0.4, 0.5) is 5.69 Å². The van der Waals surface area contributed by atoms with Gasteiger partial charge < -0.3 is 9.73 Å². The lowest BCUT2D eigenvalue weighted by molar-refractivity contribution is -0.115. The predicted molar refractivity (Wildman–Crippen MR) is 101 cm³/mol. The topological polar surface area (TPSA) is 85.8 Å². The van der Waals surface area contributed by atoms with Crippen LogP contribution in [0.5, 0.6) is 0 Å². The summed E-state index contributed by atoms with van der Waals surface area (Å²) in [4.78, 5) is 12.5. The first-order chi connectivity index (χ1) is 12.3. The van der Waals surface area contributed by atoms with Gasteiger partial charge in [-0.3, -0.25) is 9.48 Å². The van der Waals surface area contributed by atoms with E-state index < -0.39 is 0 Å². The molecular formula is C18H21N5O2S. The number of aryl methyl sites for hydroxylation is 3. The molecule has 2 aromatic heterocycles. The van der Waals surface area contributed by atoms with Gasteiger partial charge in [-0.15, -0.1) is 10.2 Å². The Hall–Kier alpha value is -2.61. The lowest BCUT2D eigenvalue weighted by Gasteiger charge is -2.10. The molecule has 1 N–H and O–H groups in total. The normalized spacial score (nSPS) is 12.2. The van der Waals surface area contributed by atoms with Crippen molar-refractivity contribution in [2.45, 2.75) is 38.2 Å². The van der Waals surface area contributed by atoms with Gasteiger partial charge in [0.1, 0.15) is 0 Å². The Kier molecular flexibility index (Phi) is 5.13. The minimum Gasteiger partial charge on any atom is -0.411 e. The molecule has 0 bridgehead atoms. The van der Waals surface area contributed by atoms with Gasteiger partial charge in [0.15, 0.2) is 0 Å². The molecule has 1 amide bonds. The molecule has 26 heavy (non-hydrogen) atoms. The van der Waals surface area contributed by atoms with Crippen LogP contribution < -0.4 is 5.32 Å². The van der Waals surface area contributed by atoms with Crippen LogP contribution in [0.2, 0.25) is 0 Å². The maximum atomic E-state index is 12.5. The number of amides is 1. The minimum atomic E-state index is -0.389. The van der Waals surface area contributed by atoms with Crippen LogP contribution in [0.25, 0.3) is 11.5 Å². The van der Waals surface area contributed by atoms with E-state index in [0.29, 0.717) is 11.1 Å². The van der Waals surface area contributed by atoms with Crippen molar-refractivity contribution in [2.24, 2.45) is 7.05 Å². The molecule has 0 unspecified atom stereocenters. The van der Waals surface area contributed by atoms with Crippen molar-refractivity contribution in [2.75, 3.05) is 5.32 Å². The zero-order valence-electron chi connectivity index (χ0n) is 15.4. The molecular weight excluding hydrogens is 350 g/mol. The van der Waals surface area contributed by atoms with Crippen molar-refractivity contribution in [3.63, 3.8) is 0 Å². The Morgan fingerprint density at radius 1 is 1.19 bits per heavy atom. The van der Waals surface area contributed by atoms with E-state index in [1.807, 2.05) is 52.1 Å². The predicted octanol–water partition coefficient (Wildman–Crippen LogP) is 3.51. The highest BCUT2D eigenvalue weighted by molar-refractivity contribution is 8.00. The van der Waals surface area contributed by atoms with E-state index in [9.17, 15) is 4.79 Å². The first kappa shape index (κ1) is 18.2. The Morgan fingerprint density at radius 3 is 2.50 bits per heavy atom. The van der Waals surface area contributed by atoms with Gasteiger partial charge in [-0.2, -0.15) is 5.10 Å². The van der Waals surface area contributed by atoms with Crippen LogP contribution in [0.3, 0.4) is 0 Å². The Labute approximate surface area is 156 Å². The highest BCUT2D eigenvalue weighted by Crippen LogP contribution is 2.27. The number of carbonyl (C=O) groups is 1. The highest BCUT2D eigenvalue weighted by atomic mass is 32.2. The second kappa shape index (κ2) is 7.33. The van der Waals surface area contributed by atoms with Crippen LogP contribution in [0.15, 0.2) is 33.9 Å². The monoisotopic (exact) mass is 371 g/mol. The number of nitrogens with zero attached hydrogens (tertiary/aromatic N) is 4. The largest absolute Gasteiger partial charge is 0.411 e. The van der Waals surface area contributed by atoms with E-state index in [2.05, 4.69) is 20.6 Å². The fourth-order valence-electron chi connectivity index (χ4n) is 2.45. The van der Waals surface area contributed by atoms with E-state index in [-0.39, 0.29) is 11.2 Å². The van der Waals surface area contributed by atoms with Gasteiger partial charge in [-0.1, -0.05) is 29.5 Å². The van der Waals surface area contributed by atoms with Crippen LogP contribution in [-0.2, 0) is 11.8 Å². The zero-order chi connectivity index (χ0) is 18.8. The molecule has 7 nitrogen and oxygen atoms in total. The summed E-state index contributed by atoms with van der Waals surface area (Å²) < 4.78 is 7.42. The zero-order valence-corrected chi connectivity index (χ0v) is 16.2. The number of benzene rings is 1. The third-order valence-corrected chi connectivity index (χ3v) is 5.04. The summed E-state index contributed by atoms with van der Waals surface area (Å²) in [6, 6.07) is 7.84. The second-order valence-corrected chi connectivity index (χ2v) is 7.45. The van der Waals surface area contributed by atoms with Crippen molar-refractivity contribution in [3.8, 4) is 11.5 Å². The average molecular weight is 371 g/mol. The molecule has 0 fully saturated rings. The fraction of sp³-hybridized carbons (Fsp3) is 0.333. The van der Waals surface area contributed by atoms with Crippen molar-refractivity contribution < 1.29 is 9.21 Å². The molecule has 0 aliphatic rings. The number of carbonyl (C=O) groups excluding carboxylic acids is 1. The van der Waals surface area contributed by atoms with E-state index >= 15 is 0 Å². The Balaban J connectivity index is 1.67. The lowest BCUT2D eigenvalue weighted by Crippen LogP contribution is -2.23. The summed E-state index contributed by atoms with van der Waals surface area (Å²) in [5, 5.41) is 15.3. The summed E-state index contributed by atoms with van der Waals surface area (Å²) >= 11 is 1.23. The van der Waals surface area contributed by atoms with Gasteiger partial charge in [0.2, 0.25) is 11.8 Å². The first-order valence-corrected chi connectivity index (χ1v) is 9.11. The van der Waals surface area contributed by atoms with Gasteiger partial charge >= 0.3 is 0 Å². The molecule has 0 aliphatic heterocycles. The molecule has 0 aliphatic carbocycles. The SMILES string of the molecule is Cc1ccc(-c2nnc(S[C@H](C)C(=O)Nc3c(C)nn(C)c3C)o2)cc1. The highest BCUT2D eigenvalue weighted by Gasteiger charge is 2.21. The molecule has 2 heterocycles. The number of hydrogen-bond acceptors (Lipinski definition) is 6. The summed E-state index contributed by atoms with van der Waals surface area (Å²) in [6.07, 6.45) is 0. The molecule has 0 saturated carbocycles. The third kappa shape index (κ3) is 3.80. The van der Waals surface area contributed by atoms with Crippen LogP contribution >= 0.6 is 11.8 Å². The molecule has 136 valence electrons. The number of anilines is 1. The van der Waals surface area contributed by atoms with Crippen LogP contribution in [0, 0.1) is 20.8 Å². The first-order valence-electron chi connectivity index (χ1n) is 8.23. The molecule has 1 atom stereocenters. The minimum absolute atomic E-state index is 0.135. The molecule has 8 heteroatoms. The van der Waals surface area contributed by atoms with Gasteiger partial charge in [0.25, 0.3) is 5.22 Å². The standard InChI is InChI=1S/C18H21N5O2S/c1-10-6-8-14(9-7-10)17-20-21-18(25-17)26-13(4)16(24)19-15-11(2)22-23(5)12(15)3/h6-9,13H,1-5H3,(H,19,24)/t13-/m1/s1. The molecule has 3 aromatic rings. The van der Waals surface area contributed by atoms with Gasteiger partial charge in [-0.25, -0.2) is 0 Å². The van der Waals surface area contributed by atoms with Crippen molar-refractivity contribution >= 4 is 23.4 Å². The van der Waals surface area contributed by atoms with Gasteiger partial charge in [0, 0.05) is 12.6 Å². The van der Waals surface area contributed by atoms with E-state index in [1.165, 1.54) is 11.8 Å². The lowest BCUT2D eigenvalue weighted by atomic mass is 10.1. The van der Waals surface area contributed by atoms with Gasteiger partial charge in [0.05, 0.1) is 22.3 Å². The summed E-state index contributed by atoms with van der Waals surface area (Å²) in [5.41, 5.74) is 4.46. The van der Waals surface area contributed by atoms with Crippen molar-refractivity contribution in [1.29, 1.82) is 0 Å². The van der Waals surface area contributed by atoms with Crippen LogP contribution in [0.1, 0.15) is 23.9 Å². The quantitative estimate of drug-likeness (QED) is 0.691. The van der Waals surface area contributed by atoms with Crippen molar-refractivity contribution in [3.05, 3.63) is 41.2 Å². The summed E-state index contributed by atoms with van der Waals surface area (Å²) in [7, 11) is 1.85. The summed E-state index contributed by atoms with van der Waals surface area (Å²) in [5.74, 6) is 0.309. The Morgan fingerprint density at radius 2 is 1.88 bits per heavy atom. The maximum absolute atomic E-state index is 12.5. The molecule has 1 aromatic carbocycles. The van der Waals surface area contributed by atoms with E-state index in [4.69, 9.17) is 4.42 Å². The van der Waals surface area contributed by atoms with Gasteiger partial charge in [-0.05, 0) is 39.8 Å². The fourth-order valence-corrected chi connectivity index (χ4v) is 3.14. The number of rotatable bonds is 5.